The standard InChI is InChI=1S/C12H19N7O/c1-2-19-12-10(16-17-19)11(14-9-15-12)13-3-4-18-5-7-20-8-6-18/h9H,2-8H2,1H3,(H,13,14,15)/p+1. The number of anilines is 1. The van der Waals surface area contributed by atoms with Gasteiger partial charge in [0.25, 0.3) is 0 Å². The Morgan fingerprint density at radius 1 is 1.35 bits per heavy atom. The first-order chi connectivity index (χ1) is 9.88. The van der Waals surface area contributed by atoms with E-state index in [0.717, 1.165) is 62.9 Å². The quantitative estimate of drug-likeness (QED) is 0.698. The van der Waals surface area contributed by atoms with Crippen LogP contribution < -0.4 is 10.2 Å². The van der Waals surface area contributed by atoms with Gasteiger partial charge in [0.1, 0.15) is 19.4 Å². The van der Waals surface area contributed by atoms with Crippen LogP contribution in [0.3, 0.4) is 0 Å². The third-order valence-corrected chi connectivity index (χ3v) is 3.57. The average molecular weight is 278 g/mol. The van der Waals surface area contributed by atoms with Crippen LogP contribution in [0.15, 0.2) is 6.33 Å². The highest BCUT2D eigenvalue weighted by Crippen LogP contribution is 2.14. The number of fused-ring (bicyclic) bond motifs is 1. The summed E-state index contributed by atoms with van der Waals surface area (Å²) in [7, 11) is 0. The molecule has 0 atom stereocenters. The maximum atomic E-state index is 5.35. The van der Waals surface area contributed by atoms with Gasteiger partial charge in [-0.1, -0.05) is 5.21 Å². The molecule has 1 aliphatic rings. The predicted octanol–water partition coefficient (Wildman–Crippen LogP) is -1.43. The van der Waals surface area contributed by atoms with Gasteiger partial charge in [-0.15, -0.1) is 5.10 Å². The molecular formula is C12H20N7O+. The molecule has 0 unspecified atom stereocenters. The van der Waals surface area contributed by atoms with Crippen LogP contribution in [-0.4, -0.2) is 64.4 Å². The Kier molecular flexibility index (Phi) is 4.03. The summed E-state index contributed by atoms with van der Waals surface area (Å²) in [4.78, 5) is 10.1. The van der Waals surface area contributed by atoms with Crippen molar-refractivity contribution in [2.24, 2.45) is 0 Å². The monoisotopic (exact) mass is 278 g/mol. The third kappa shape index (κ3) is 2.70. The van der Waals surface area contributed by atoms with Gasteiger partial charge in [0, 0.05) is 6.54 Å². The minimum atomic E-state index is 0.742. The van der Waals surface area contributed by atoms with Gasteiger partial charge in [-0.3, -0.25) is 0 Å². The molecule has 0 bridgehead atoms. The maximum absolute atomic E-state index is 5.35. The molecule has 3 heterocycles. The second kappa shape index (κ2) is 6.10. The molecule has 20 heavy (non-hydrogen) atoms. The number of nitrogens with one attached hydrogen (secondary N) is 2. The van der Waals surface area contributed by atoms with Crippen LogP contribution in [0.1, 0.15) is 6.92 Å². The summed E-state index contributed by atoms with van der Waals surface area (Å²) in [6.07, 6.45) is 1.56. The Morgan fingerprint density at radius 3 is 3.00 bits per heavy atom. The Morgan fingerprint density at radius 2 is 2.20 bits per heavy atom. The first kappa shape index (κ1) is 13.2. The van der Waals surface area contributed by atoms with E-state index in [1.54, 1.807) is 15.9 Å². The van der Waals surface area contributed by atoms with Crippen molar-refractivity contribution in [3.05, 3.63) is 6.33 Å². The van der Waals surface area contributed by atoms with Crippen molar-refractivity contribution in [3.8, 4) is 0 Å². The molecule has 2 aromatic heterocycles. The van der Waals surface area contributed by atoms with Gasteiger partial charge in [0.05, 0.1) is 26.3 Å². The Bertz CT molecular complexity index is 564. The summed E-state index contributed by atoms with van der Waals surface area (Å²) in [5.41, 5.74) is 1.52. The minimum absolute atomic E-state index is 0.742. The van der Waals surface area contributed by atoms with Crippen LogP contribution >= 0.6 is 0 Å². The van der Waals surface area contributed by atoms with E-state index in [4.69, 9.17) is 4.74 Å². The molecular weight excluding hydrogens is 258 g/mol. The Labute approximate surface area is 117 Å². The zero-order valence-corrected chi connectivity index (χ0v) is 11.7. The Balaban J connectivity index is 1.63. The molecule has 0 saturated carbocycles. The molecule has 108 valence electrons. The molecule has 8 nitrogen and oxygen atoms in total. The summed E-state index contributed by atoms with van der Waals surface area (Å²) in [6.45, 7) is 8.56. The number of nitrogens with zero attached hydrogens (tertiary/aromatic N) is 5. The SMILES string of the molecule is CCn1nnc2c(NCC[NH+]3CCOCC3)ncnc21. The van der Waals surface area contributed by atoms with E-state index < -0.39 is 0 Å². The maximum Gasteiger partial charge on any atom is 0.183 e. The lowest BCUT2D eigenvalue weighted by Crippen LogP contribution is -3.14. The largest absolute Gasteiger partial charge is 0.370 e. The highest BCUT2D eigenvalue weighted by atomic mass is 16.5. The van der Waals surface area contributed by atoms with E-state index in [0.29, 0.717) is 0 Å². The molecule has 2 aromatic rings. The molecule has 0 aromatic carbocycles. The molecule has 0 spiro atoms. The van der Waals surface area contributed by atoms with Crippen molar-refractivity contribution in [2.45, 2.75) is 13.5 Å². The number of hydrogen-bond acceptors (Lipinski definition) is 6. The molecule has 1 fully saturated rings. The van der Waals surface area contributed by atoms with Crippen molar-refractivity contribution in [3.63, 3.8) is 0 Å². The highest BCUT2D eigenvalue weighted by molar-refractivity contribution is 5.81. The molecule has 0 aliphatic carbocycles. The summed E-state index contributed by atoms with van der Waals surface area (Å²) in [5.74, 6) is 0.766. The third-order valence-electron chi connectivity index (χ3n) is 3.57. The van der Waals surface area contributed by atoms with Crippen molar-refractivity contribution in [2.75, 3.05) is 44.7 Å². The van der Waals surface area contributed by atoms with Gasteiger partial charge in [-0.25, -0.2) is 14.6 Å². The Hall–Kier alpha value is -1.80. The summed E-state index contributed by atoms with van der Waals surface area (Å²) in [5, 5.41) is 11.6. The van der Waals surface area contributed by atoms with Crippen LogP contribution in [0.4, 0.5) is 5.82 Å². The van der Waals surface area contributed by atoms with Gasteiger partial charge in [-0.2, -0.15) is 0 Å². The number of quaternary nitrogens is 1. The van der Waals surface area contributed by atoms with Gasteiger partial charge in [-0.05, 0) is 6.92 Å². The second-order valence-corrected chi connectivity index (χ2v) is 4.84. The molecule has 1 saturated heterocycles. The fourth-order valence-corrected chi connectivity index (χ4v) is 2.40. The molecule has 8 heteroatoms. The smallest absolute Gasteiger partial charge is 0.183 e. The fourth-order valence-electron chi connectivity index (χ4n) is 2.40. The van der Waals surface area contributed by atoms with E-state index >= 15 is 0 Å². The summed E-state index contributed by atoms with van der Waals surface area (Å²) < 4.78 is 7.13. The van der Waals surface area contributed by atoms with Crippen molar-refractivity contribution < 1.29 is 9.64 Å². The van der Waals surface area contributed by atoms with Gasteiger partial charge >= 0.3 is 0 Å². The van der Waals surface area contributed by atoms with E-state index in [9.17, 15) is 0 Å². The number of morpholine rings is 1. The average Bonchev–Trinajstić information content (AvgIpc) is 2.92. The normalized spacial score (nSPS) is 16.6. The molecule has 1 aliphatic heterocycles. The van der Waals surface area contributed by atoms with E-state index in [2.05, 4.69) is 25.6 Å². The first-order valence-electron chi connectivity index (χ1n) is 7.08. The van der Waals surface area contributed by atoms with Crippen LogP contribution in [-0.2, 0) is 11.3 Å². The van der Waals surface area contributed by atoms with Crippen molar-refractivity contribution >= 4 is 17.0 Å². The van der Waals surface area contributed by atoms with Gasteiger partial charge < -0.3 is 15.0 Å². The molecule has 0 radical (unpaired) electrons. The van der Waals surface area contributed by atoms with E-state index in [1.807, 2.05) is 6.92 Å². The molecule has 3 rings (SSSR count). The number of hydrogen-bond donors (Lipinski definition) is 2. The topological polar surface area (TPSA) is 82.2 Å². The number of rotatable bonds is 5. The van der Waals surface area contributed by atoms with Crippen LogP contribution in [0, 0.1) is 0 Å². The van der Waals surface area contributed by atoms with Crippen LogP contribution in [0.25, 0.3) is 11.2 Å². The fraction of sp³-hybridized carbons (Fsp3) is 0.667. The lowest BCUT2D eigenvalue weighted by Gasteiger charge is -2.23. The van der Waals surface area contributed by atoms with Crippen molar-refractivity contribution in [1.82, 2.24) is 25.0 Å². The van der Waals surface area contributed by atoms with Gasteiger partial charge in [0.15, 0.2) is 17.0 Å². The molecule has 2 N–H and O–H groups in total. The van der Waals surface area contributed by atoms with E-state index in [-0.39, 0.29) is 0 Å². The lowest BCUT2D eigenvalue weighted by molar-refractivity contribution is -0.906. The summed E-state index contributed by atoms with van der Waals surface area (Å²) in [6, 6.07) is 0. The van der Waals surface area contributed by atoms with Crippen molar-refractivity contribution in [1.29, 1.82) is 0 Å². The minimum Gasteiger partial charge on any atom is -0.370 e. The van der Waals surface area contributed by atoms with Gasteiger partial charge in [0.2, 0.25) is 0 Å². The predicted molar refractivity (Wildman–Crippen MR) is 73.7 cm³/mol. The first-order valence-corrected chi connectivity index (χ1v) is 7.08. The van der Waals surface area contributed by atoms with Crippen LogP contribution in [0.5, 0.6) is 0 Å². The zero-order chi connectivity index (χ0) is 13.8. The number of aryl methyl sites for hydroxylation is 1. The number of ether oxygens (including phenoxy) is 1. The number of aromatic nitrogens is 5. The lowest BCUT2D eigenvalue weighted by atomic mass is 10.4. The highest BCUT2D eigenvalue weighted by Gasteiger charge is 2.14. The summed E-state index contributed by atoms with van der Waals surface area (Å²) >= 11 is 0. The van der Waals surface area contributed by atoms with Crippen LogP contribution in [0.2, 0.25) is 0 Å². The zero-order valence-electron chi connectivity index (χ0n) is 11.7. The van der Waals surface area contributed by atoms with E-state index in [1.165, 1.54) is 0 Å². The second-order valence-electron chi connectivity index (χ2n) is 4.84. The molecule has 0 amide bonds.